The molecule has 0 radical (unpaired) electrons. The molecule has 0 bridgehead atoms. The van der Waals surface area contributed by atoms with Crippen LogP contribution in [0.15, 0.2) is 42.7 Å². The number of carbonyl (C=O) groups is 1. The summed E-state index contributed by atoms with van der Waals surface area (Å²) >= 11 is 5.11. The number of nitrogens with zero attached hydrogens (tertiary/aromatic N) is 4. The molecule has 2 atom stereocenters. The van der Waals surface area contributed by atoms with Gasteiger partial charge in [-0.15, -0.1) is 0 Å². The highest BCUT2D eigenvalue weighted by atomic mass is 32.2. The third-order valence-electron chi connectivity index (χ3n) is 4.70. The quantitative estimate of drug-likeness (QED) is 0.484. The molecule has 1 aromatic carbocycles. The molecule has 0 unspecified atom stereocenters. The molecule has 34 heavy (non-hydrogen) atoms. The van der Waals surface area contributed by atoms with Crippen LogP contribution in [-0.2, 0) is 37.6 Å². The van der Waals surface area contributed by atoms with Crippen molar-refractivity contribution in [3.8, 4) is 0 Å². The van der Waals surface area contributed by atoms with Crippen LogP contribution in [0.2, 0.25) is 0 Å². The normalized spacial score (nSPS) is 17.4. The lowest BCUT2D eigenvalue weighted by atomic mass is 10.1. The van der Waals surface area contributed by atoms with Crippen LogP contribution in [0.3, 0.4) is 0 Å². The average molecular weight is 523 g/mol. The molecule has 1 aliphatic rings. The number of alkyl halides is 3. The number of benzene rings is 1. The molecule has 1 saturated heterocycles. The van der Waals surface area contributed by atoms with Gasteiger partial charge in [0.2, 0.25) is 0 Å². The van der Waals surface area contributed by atoms with Crippen molar-refractivity contribution in [1.82, 2.24) is 18.8 Å². The Labute approximate surface area is 198 Å². The summed E-state index contributed by atoms with van der Waals surface area (Å²) in [6.07, 6.45) is -0.398. The number of aromatic nitrogens is 2. The minimum Gasteiger partial charge on any atom is -0.457 e. The van der Waals surface area contributed by atoms with Gasteiger partial charge >= 0.3 is 21.6 Å². The number of ether oxygens (including phenoxy) is 3. The Kier molecular flexibility index (Phi) is 7.67. The lowest BCUT2D eigenvalue weighted by molar-refractivity contribution is -0.0495. The Morgan fingerprint density at radius 2 is 2.00 bits per heavy atom. The molecule has 1 aromatic heterocycles. The van der Waals surface area contributed by atoms with Gasteiger partial charge in [0, 0.05) is 26.5 Å². The second kappa shape index (κ2) is 10.1. The molecule has 1 fully saturated rings. The number of carbonyl (C=O) groups excluding carboxylic acids is 1. The fraction of sp³-hybridized carbons (Fsp3) is 0.421. The van der Waals surface area contributed by atoms with Crippen molar-refractivity contribution >= 4 is 33.5 Å². The van der Waals surface area contributed by atoms with Crippen molar-refractivity contribution in [3.05, 3.63) is 54.1 Å². The monoisotopic (exact) mass is 522 g/mol. The zero-order valence-corrected chi connectivity index (χ0v) is 19.6. The van der Waals surface area contributed by atoms with Gasteiger partial charge in [-0.1, -0.05) is 30.3 Å². The van der Waals surface area contributed by atoms with Crippen molar-refractivity contribution in [2.75, 3.05) is 20.7 Å². The van der Waals surface area contributed by atoms with Gasteiger partial charge in [0.15, 0.2) is 11.9 Å². The maximum absolute atomic E-state index is 13.3. The Morgan fingerprint density at radius 1 is 1.32 bits per heavy atom. The van der Waals surface area contributed by atoms with Crippen LogP contribution < -0.4 is 0 Å². The Hall–Kier alpha value is -2.91. The summed E-state index contributed by atoms with van der Waals surface area (Å²) in [5.74, 6) is -0.0112. The summed E-state index contributed by atoms with van der Waals surface area (Å²) in [5.41, 5.74) is -4.86. The summed E-state index contributed by atoms with van der Waals surface area (Å²) in [6, 6.07) is 7.47. The van der Waals surface area contributed by atoms with E-state index in [0.717, 1.165) is 5.56 Å². The van der Waals surface area contributed by atoms with Crippen LogP contribution in [-0.4, -0.2) is 70.7 Å². The first-order chi connectivity index (χ1) is 15.9. The lowest BCUT2D eigenvalue weighted by Gasteiger charge is -2.30. The maximum Gasteiger partial charge on any atom is 0.516 e. The molecule has 15 heteroatoms. The van der Waals surface area contributed by atoms with E-state index in [-0.39, 0.29) is 28.6 Å². The van der Waals surface area contributed by atoms with Crippen LogP contribution >= 0.6 is 12.2 Å². The van der Waals surface area contributed by atoms with Gasteiger partial charge in [0.25, 0.3) is 5.17 Å². The van der Waals surface area contributed by atoms with Crippen LogP contribution in [0.1, 0.15) is 17.5 Å². The standard InChI is InChI=1S/C19H21F3N4O6S2/c1-24(2)18(33)32-15(14-11-31-17(27)26(14)34(28,29)19(20,21)22)16-23-8-9-25(16)12-30-10-13-6-4-3-5-7-13/h3-9,14-15H,10-12H2,1-2H3/t14-,15-/m0/s1. The summed E-state index contributed by atoms with van der Waals surface area (Å²) in [5, 5.41) is -0.173. The molecule has 0 saturated carbocycles. The number of rotatable bonds is 8. The van der Waals surface area contributed by atoms with Gasteiger partial charge in [0.05, 0.1) is 6.61 Å². The molecule has 3 rings (SSSR count). The van der Waals surface area contributed by atoms with Crippen molar-refractivity contribution in [1.29, 1.82) is 0 Å². The molecule has 0 spiro atoms. The number of sulfonamides is 1. The Bertz CT molecular complexity index is 1120. The summed E-state index contributed by atoms with van der Waals surface area (Å²) < 4.78 is 81.1. The van der Waals surface area contributed by atoms with E-state index in [1.807, 2.05) is 30.3 Å². The van der Waals surface area contributed by atoms with Crippen molar-refractivity contribution in [3.63, 3.8) is 0 Å². The molecule has 1 aliphatic heterocycles. The van der Waals surface area contributed by atoms with Crippen molar-refractivity contribution in [2.45, 2.75) is 31.0 Å². The van der Waals surface area contributed by atoms with E-state index in [1.54, 1.807) is 0 Å². The first kappa shape index (κ1) is 25.7. The summed E-state index contributed by atoms with van der Waals surface area (Å²) in [6.45, 7) is -0.571. The van der Waals surface area contributed by atoms with Gasteiger partial charge in [-0.2, -0.15) is 25.9 Å². The van der Waals surface area contributed by atoms with Crippen molar-refractivity contribution < 1.29 is 40.6 Å². The zero-order chi connectivity index (χ0) is 25.1. The number of hydrogen-bond acceptors (Lipinski definition) is 8. The Balaban J connectivity index is 1.92. The number of cyclic esters (lactones) is 1. The molecule has 1 amide bonds. The Morgan fingerprint density at radius 3 is 2.62 bits per heavy atom. The highest BCUT2D eigenvalue weighted by Gasteiger charge is 2.59. The number of imidazole rings is 1. The minimum absolute atomic E-state index is 0.0112. The summed E-state index contributed by atoms with van der Waals surface area (Å²) in [4.78, 5) is 17.5. The lowest BCUT2D eigenvalue weighted by Crippen LogP contribution is -2.49. The zero-order valence-electron chi connectivity index (χ0n) is 18.0. The van der Waals surface area contributed by atoms with Crippen LogP contribution in [0, 0.1) is 0 Å². The highest BCUT2D eigenvalue weighted by molar-refractivity contribution is 7.90. The van der Waals surface area contributed by atoms with Gasteiger partial charge in [-0.3, -0.25) is 0 Å². The maximum atomic E-state index is 13.3. The van der Waals surface area contributed by atoms with Crippen LogP contribution in [0.25, 0.3) is 0 Å². The third kappa shape index (κ3) is 5.42. The van der Waals surface area contributed by atoms with E-state index >= 15 is 0 Å². The van der Waals surface area contributed by atoms with E-state index in [9.17, 15) is 26.4 Å². The number of amides is 1. The van der Waals surface area contributed by atoms with E-state index in [4.69, 9.17) is 21.7 Å². The molecular formula is C19H21F3N4O6S2. The van der Waals surface area contributed by atoms with Gasteiger partial charge in [-0.05, 0) is 17.8 Å². The molecule has 186 valence electrons. The van der Waals surface area contributed by atoms with E-state index in [0.29, 0.717) is 0 Å². The fourth-order valence-corrected chi connectivity index (χ4v) is 4.17. The fourth-order valence-electron chi connectivity index (χ4n) is 3.06. The van der Waals surface area contributed by atoms with Crippen LogP contribution in [0.4, 0.5) is 18.0 Å². The molecule has 2 aromatic rings. The van der Waals surface area contributed by atoms with Gasteiger partial charge in [0.1, 0.15) is 19.4 Å². The van der Waals surface area contributed by atoms with Crippen molar-refractivity contribution in [2.24, 2.45) is 0 Å². The topological polar surface area (TPSA) is 103 Å². The smallest absolute Gasteiger partial charge is 0.457 e. The molecule has 0 N–H and O–H groups in total. The third-order valence-corrected chi connectivity index (χ3v) is 6.68. The van der Waals surface area contributed by atoms with Crippen LogP contribution in [0.5, 0.6) is 0 Å². The number of halogens is 3. The SMILES string of the molecule is CN(C)C(=S)O[C@H](c1nccn1COCc1ccccc1)[C@@H]1COC(=O)N1S(=O)(=O)C(F)(F)F. The summed E-state index contributed by atoms with van der Waals surface area (Å²) in [7, 11) is -3.03. The van der Waals surface area contributed by atoms with E-state index in [1.165, 1.54) is 36.0 Å². The largest absolute Gasteiger partial charge is 0.516 e. The number of hydrogen-bond donors (Lipinski definition) is 0. The van der Waals surface area contributed by atoms with Gasteiger partial charge in [-0.25, -0.2) is 9.78 Å². The highest BCUT2D eigenvalue weighted by Crippen LogP contribution is 2.37. The van der Waals surface area contributed by atoms with E-state index < -0.39 is 40.4 Å². The average Bonchev–Trinajstić information content (AvgIpc) is 3.38. The first-order valence-corrected chi connectivity index (χ1v) is 11.6. The minimum atomic E-state index is -6.08. The van der Waals surface area contributed by atoms with E-state index in [2.05, 4.69) is 9.72 Å². The molecule has 0 aliphatic carbocycles. The molecule has 10 nitrogen and oxygen atoms in total. The molecular weight excluding hydrogens is 501 g/mol. The molecule has 2 heterocycles. The number of thiocarbonyl (C=S) groups is 1. The second-order valence-corrected chi connectivity index (χ2v) is 9.46. The predicted molar refractivity (Wildman–Crippen MR) is 116 cm³/mol. The first-order valence-electron chi connectivity index (χ1n) is 9.71. The predicted octanol–water partition coefficient (Wildman–Crippen LogP) is 2.63. The van der Waals surface area contributed by atoms with Gasteiger partial charge < -0.3 is 23.7 Å². The second-order valence-electron chi connectivity index (χ2n) is 7.31.